The van der Waals surface area contributed by atoms with E-state index in [0.29, 0.717) is 12.1 Å². The fourth-order valence-corrected chi connectivity index (χ4v) is 3.75. The molecule has 0 aliphatic heterocycles. The van der Waals surface area contributed by atoms with Crippen LogP contribution < -0.4 is 11.4 Å². The van der Waals surface area contributed by atoms with Crippen molar-refractivity contribution >= 4 is 16.7 Å². The highest BCUT2D eigenvalue weighted by molar-refractivity contribution is 5.84. The van der Waals surface area contributed by atoms with Gasteiger partial charge in [-0.05, 0) is 37.5 Å². The van der Waals surface area contributed by atoms with Gasteiger partial charge in [-0.25, -0.2) is 9.78 Å². The number of hydrogen-bond acceptors (Lipinski definition) is 5. The highest BCUT2D eigenvalue weighted by atomic mass is 16.3. The van der Waals surface area contributed by atoms with Crippen molar-refractivity contribution in [3.63, 3.8) is 0 Å². The number of fused-ring (bicyclic) bond motifs is 1. The second-order valence-electron chi connectivity index (χ2n) is 7.91. The molecular formula is C24H32N4O2. The summed E-state index contributed by atoms with van der Waals surface area (Å²) in [7, 11) is 0. The Morgan fingerprint density at radius 1 is 0.833 bits per heavy atom. The van der Waals surface area contributed by atoms with E-state index in [4.69, 9.17) is 5.73 Å². The summed E-state index contributed by atoms with van der Waals surface area (Å²) in [6.45, 7) is 0.715. The molecule has 0 spiro atoms. The normalized spacial score (nSPS) is 11.2. The van der Waals surface area contributed by atoms with Gasteiger partial charge in [0.1, 0.15) is 17.1 Å². The smallest absolute Gasteiger partial charge is 0.349 e. The fraction of sp³-hybridized carbons (Fsp3) is 0.458. The van der Waals surface area contributed by atoms with E-state index in [1.165, 1.54) is 38.5 Å². The largest absolute Gasteiger partial charge is 0.506 e. The van der Waals surface area contributed by atoms with E-state index in [0.717, 1.165) is 36.8 Å². The average molecular weight is 409 g/mol. The molecule has 3 aromatic rings. The number of nitrogen functional groups attached to an aromatic ring is 1. The molecule has 3 rings (SSSR count). The Morgan fingerprint density at radius 3 is 2.27 bits per heavy atom. The first-order valence-corrected chi connectivity index (χ1v) is 11.0. The lowest BCUT2D eigenvalue weighted by atomic mass is 10.1. The van der Waals surface area contributed by atoms with E-state index in [2.05, 4.69) is 16.0 Å². The van der Waals surface area contributed by atoms with E-state index in [1.807, 2.05) is 18.2 Å². The van der Waals surface area contributed by atoms with Gasteiger partial charge in [0.05, 0.1) is 0 Å². The van der Waals surface area contributed by atoms with E-state index < -0.39 is 0 Å². The quantitative estimate of drug-likeness (QED) is 0.419. The number of rotatable bonds is 12. The first kappa shape index (κ1) is 21.8. The lowest BCUT2D eigenvalue weighted by molar-refractivity contribution is 0.480. The molecule has 2 aromatic heterocycles. The second-order valence-corrected chi connectivity index (χ2v) is 7.91. The van der Waals surface area contributed by atoms with Gasteiger partial charge < -0.3 is 10.8 Å². The van der Waals surface area contributed by atoms with Crippen molar-refractivity contribution in [1.82, 2.24) is 14.5 Å². The molecule has 0 amide bonds. The van der Waals surface area contributed by atoms with Gasteiger partial charge in [0.25, 0.3) is 0 Å². The maximum Gasteiger partial charge on any atom is 0.349 e. The summed E-state index contributed by atoms with van der Waals surface area (Å²) in [5.74, 6) is 0.538. The highest BCUT2D eigenvalue weighted by Crippen LogP contribution is 2.23. The maximum absolute atomic E-state index is 11.7. The third-order valence-corrected chi connectivity index (χ3v) is 5.48. The summed E-state index contributed by atoms with van der Waals surface area (Å²) in [6, 6.07) is 11.3. The molecule has 0 unspecified atom stereocenters. The zero-order chi connectivity index (χ0) is 21.2. The molecule has 3 N–H and O–H groups in total. The Morgan fingerprint density at radius 2 is 1.53 bits per heavy atom. The van der Waals surface area contributed by atoms with Gasteiger partial charge in [0.15, 0.2) is 0 Å². The van der Waals surface area contributed by atoms with Gasteiger partial charge in [-0.3, -0.25) is 4.57 Å². The summed E-state index contributed by atoms with van der Waals surface area (Å²) in [5.41, 5.74) is 7.00. The number of hydrogen-bond donors (Lipinski definition) is 2. The number of benzene rings is 1. The van der Waals surface area contributed by atoms with Gasteiger partial charge in [0, 0.05) is 23.8 Å². The number of nitrogens with zero attached hydrogens (tertiary/aromatic N) is 3. The number of phenolic OH excluding ortho intramolecular Hbond substituents is 1. The molecule has 30 heavy (non-hydrogen) atoms. The Kier molecular flexibility index (Phi) is 8.24. The van der Waals surface area contributed by atoms with Gasteiger partial charge in [-0.1, -0.05) is 63.1 Å². The Balaban J connectivity index is 1.21. The van der Waals surface area contributed by atoms with Crippen molar-refractivity contribution in [3.8, 4) is 5.75 Å². The van der Waals surface area contributed by atoms with Crippen LogP contribution in [0, 0.1) is 0 Å². The molecule has 160 valence electrons. The van der Waals surface area contributed by atoms with Crippen LogP contribution in [0.1, 0.15) is 63.5 Å². The predicted molar refractivity (Wildman–Crippen MR) is 122 cm³/mol. The van der Waals surface area contributed by atoms with Gasteiger partial charge >= 0.3 is 5.69 Å². The van der Waals surface area contributed by atoms with Crippen LogP contribution in [0.3, 0.4) is 0 Å². The average Bonchev–Trinajstić information content (AvgIpc) is 2.74. The molecular weight excluding hydrogens is 376 g/mol. The number of pyridine rings is 1. The minimum atomic E-state index is -0.259. The van der Waals surface area contributed by atoms with Crippen LogP contribution in [-0.2, 0) is 13.0 Å². The van der Waals surface area contributed by atoms with Gasteiger partial charge in [0.2, 0.25) is 0 Å². The van der Waals surface area contributed by atoms with Crippen LogP contribution in [0.2, 0.25) is 0 Å². The summed E-state index contributed by atoms with van der Waals surface area (Å²) in [6.07, 6.45) is 13.4. The number of nitrogens with two attached hydrogens (primary N) is 1. The lowest BCUT2D eigenvalue weighted by Crippen LogP contribution is -2.23. The molecule has 0 bridgehead atoms. The van der Waals surface area contributed by atoms with E-state index in [1.54, 1.807) is 22.9 Å². The number of aromatic nitrogens is 3. The SMILES string of the molecule is Nc1ccn(CCCCCCCCCCCc2ccc3cccc(O)c3n2)c(=O)n1. The van der Waals surface area contributed by atoms with E-state index in [-0.39, 0.29) is 17.3 Å². The van der Waals surface area contributed by atoms with Crippen molar-refractivity contribution in [2.24, 2.45) is 0 Å². The standard InChI is InChI=1S/C24H32N4O2/c25-22-16-18-28(24(30)27-22)17-9-7-5-3-1-2-4-6-8-12-20-15-14-19-11-10-13-21(29)23(19)26-20/h10-11,13-16,18,29H,1-9,12,17H2,(H2,25,27,30). The molecule has 2 heterocycles. The number of phenols is 1. The second kappa shape index (κ2) is 11.3. The fourth-order valence-electron chi connectivity index (χ4n) is 3.75. The summed E-state index contributed by atoms with van der Waals surface area (Å²) in [4.78, 5) is 20.0. The van der Waals surface area contributed by atoms with E-state index in [9.17, 15) is 9.90 Å². The highest BCUT2D eigenvalue weighted by Gasteiger charge is 2.03. The first-order chi connectivity index (χ1) is 14.6. The molecule has 0 saturated carbocycles. The lowest BCUT2D eigenvalue weighted by Gasteiger charge is -2.06. The van der Waals surface area contributed by atoms with Crippen molar-refractivity contribution in [2.45, 2.75) is 70.8 Å². The summed E-state index contributed by atoms with van der Waals surface area (Å²) in [5, 5.41) is 10.9. The predicted octanol–water partition coefficient (Wildman–Crippen LogP) is 4.83. The number of anilines is 1. The molecule has 6 heteroatoms. The third kappa shape index (κ3) is 6.58. The number of para-hydroxylation sites is 1. The summed E-state index contributed by atoms with van der Waals surface area (Å²) < 4.78 is 1.63. The van der Waals surface area contributed by atoms with Crippen molar-refractivity contribution in [3.05, 3.63) is 58.8 Å². The molecule has 0 aliphatic carbocycles. The molecule has 1 aromatic carbocycles. The number of aryl methyl sites for hydroxylation is 2. The Bertz CT molecular complexity index is 1000. The van der Waals surface area contributed by atoms with Crippen molar-refractivity contribution < 1.29 is 5.11 Å². The van der Waals surface area contributed by atoms with Crippen molar-refractivity contribution in [2.75, 3.05) is 5.73 Å². The topological polar surface area (TPSA) is 94.0 Å². The molecule has 0 radical (unpaired) electrons. The first-order valence-electron chi connectivity index (χ1n) is 11.0. The zero-order valence-electron chi connectivity index (χ0n) is 17.6. The Labute approximate surface area is 177 Å². The van der Waals surface area contributed by atoms with Gasteiger partial charge in [-0.15, -0.1) is 0 Å². The number of unbranched alkanes of at least 4 members (excludes halogenated alkanes) is 8. The monoisotopic (exact) mass is 408 g/mol. The van der Waals surface area contributed by atoms with Crippen LogP contribution in [0.15, 0.2) is 47.4 Å². The third-order valence-electron chi connectivity index (χ3n) is 5.48. The molecule has 0 saturated heterocycles. The minimum Gasteiger partial charge on any atom is -0.506 e. The molecule has 6 nitrogen and oxygen atoms in total. The minimum absolute atomic E-state index is 0.256. The van der Waals surface area contributed by atoms with Crippen LogP contribution in [0.25, 0.3) is 10.9 Å². The van der Waals surface area contributed by atoms with E-state index >= 15 is 0 Å². The molecule has 0 atom stereocenters. The maximum atomic E-state index is 11.7. The Hall–Kier alpha value is -2.89. The molecule has 0 fully saturated rings. The van der Waals surface area contributed by atoms with Gasteiger partial charge in [-0.2, -0.15) is 4.98 Å². The van der Waals surface area contributed by atoms with Crippen LogP contribution in [-0.4, -0.2) is 19.6 Å². The van der Waals surface area contributed by atoms with Crippen molar-refractivity contribution in [1.29, 1.82) is 0 Å². The number of aromatic hydroxyl groups is 1. The van der Waals surface area contributed by atoms with Crippen LogP contribution >= 0.6 is 0 Å². The molecule has 0 aliphatic rings. The summed E-state index contributed by atoms with van der Waals surface area (Å²) >= 11 is 0. The zero-order valence-corrected chi connectivity index (χ0v) is 17.6. The van der Waals surface area contributed by atoms with Crippen LogP contribution in [0.5, 0.6) is 5.75 Å². The van der Waals surface area contributed by atoms with Crippen LogP contribution in [0.4, 0.5) is 5.82 Å².